The van der Waals surface area contributed by atoms with Crippen LogP contribution in [-0.2, 0) is 11.3 Å². The lowest BCUT2D eigenvalue weighted by Crippen LogP contribution is -2.36. The number of ether oxygens (including phenoxy) is 1. The number of carbonyl (C=O) groups is 1. The molecule has 7 nitrogen and oxygen atoms in total. The highest BCUT2D eigenvalue weighted by molar-refractivity contribution is 9.10. The Labute approximate surface area is 193 Å². The maximum absolute atomic E-state index is 12.9. The largest absolute Gasteiger partial charge is 0.378 e. The van der Waals surface area contributed by atoms with Crippen LogP contribution in [0.1, 0.15) is 28.9 Å². The fraction of sp³-hybridized carbons (Fsp3) is 0.409. The maximum Gasteiger partial charge on any atom is 0.274 e. The Morgan fingerprint density at radius 2 is 1.94 bits per heavy atom. The van der Waals surface area contributed by atoms with Gasteiger partial charge in [0.15, 0.2) is 5.13 Å². The van der Waals surface area contributed by atoms with Gasteiger partial charge in [-0.15, -0.1) is 0 Å². The molecule has 2 saturated heterocycles. The predicted octanol–water partition coefficient (Wildman–Crippen LogP) is 4.14. The predicted molar refractivity (Wildman–Crippen MR) is 127 cm³/mol. The van der Waals surface area contributed by atoms with Crippen LogP contribution < -0.4 is 10.2 Å². The topological polar surface area (TPSA) is 70.6 Å². The third kappa shape index (κ3) is 4.74. The highest BCUT2D eigenvalue weighted by Gasteiger charge is 2.20. The van der Waals surface area contributed by atoms with Crippen LogP contribution in [0.3, 0.4) is 0 Å². The van der Waals surface area contributed by atoms with Crippen LogP contribution in [0.5, 0.6) is 0 Å². The molecule has 0 atom stereocenters. The van der Waals surface area contributed by atoms with Gasteiger partial charge in [0.05, 0.1) is 23.4 Å². The first kappa shape index (κ1) is 20.8. The van der Waals surface area contributed by atoms with Crippen molar-refractivity contribution >= 4 is 54.2 Å². The number of anilines is 2. The van der Waals surface area contributed by atoms with Gasteiger partial charge < -0.3 is 15.0 Å². The summed E-state index contributed by atoms with van der Waals surface area (Å²) in [5.41, 5.74) is 3.30. The molecule has 3 aromatic rings. The molecule has 31 heavy (non-hydrogen) atoms. The molecule has 9 heteroatoms. The fourth-order valence-electron chi connectivity index (χ4n) is 4.04. The molecule has 1 aromatic carbocycles. The van der Waals surface area contributed by atoms with E-state index in [1.165, 1.54) is 12.8 Å². The quantitative estimate of drug-likeness (QED) is 0.529. The van der Waals surface area contributed by atoms with Crippen molar-refractivity contribution in [1.82, 2.24) is 14.9 Å². The second kappa shape index (κ2) is 9.20. The number of fused-ring (bicyclic) bond motifs is 1. The van der Waals surface area contributed by atoms with E-state index < -0.39 is 0 Å². The molecule has 2 fully saturated rings. The Hall–Kier alpha value is -2.07. The number of aromatic nitrogens is 2. The van der Waals surface area contributed by atoms with Crippen molar-refractivity contribution in [3.05, 3.63) is 46.2 Å². The van der Waals surface area contributed by atoms with E-state index in [0.29, 0.717) is 10.3 Å². The number of nitrogens with one attached hydrogen (secondary N) is 1. The van der Waals surface area contributed by atoms with Crippen LogP contribution >= 0.6 is 27.3 Å². The second-order valence-corrected chi connectivity index (χ2v) is 9.68. The SMILES string of the molecule is O=C(Nc1cc2sc(N3CCOCC3)nc2cc1CN1CCCC1)c1cccc(Br)n1. The number of likely N-dealkylation sites (tertiary alicyclic amines) is 1. The maximum atomic E-state index is 12.9. The number of nitrogens with zero attached hydrogens (tertiary/aromatic N) is 4. The molecular formula is C22H24BrN5O2S. The monoisotopic (exact) mass is 501 g/mol. The lowest BCUT2D eigenvalue weighted by molar-refractivity contribution is 0.102. The van der Waals surface area contributed by atoms with Gasteiger partial charge in [0.1, 0.15) is 10.3 Å². The molecule has 162 valence electrons. The van der Waals surface area contributed by atoms with E-state index in [4.69, 9.17) is 9.72 Å². The third-order valence-corrected chi connectivity index (χ3v) is 7.19. The van der Waals surface area contributed by atoms with Crippen molar-refractivity contribution in [2.75, 3.05) is 49.6 Å². The number of rotatable bonds is 5. The van der Waals surface area contributed by atoms with E-state index in [2.05, 4.69) is 48.2 Å². The summed E-state index contributed by atoms with van der Waals surface area (Å²) in [5.74, 6) is -0.207. The molecule has 0 radical (unpaired) electrons. The van der Waals surface area contributed by atoms with Crippen LogP contribution in [-0.4, -0.2) is 60.2 Å². The summed E-state index contributed by atoms with van der Waals surface area (Å²) in [6, 6.07) is 9.56. The molecule has 2 aliphatic heterocycles. The van der Waals surface area contributed by atoms with Crippen molar-refractivity contribution in [2.24, 2.45) is 0 Å². The summed E-state index contributed by atoms with van der Waals surface area (Å²) >= 11 is 5.01. The summed E-state index contributed by atoms with van der Waals surface area (Å²) in [7, 11) is 0. The molecule has 2 aromatic heterocycles. The smallest absolute Gasteiger partial charge is 0.274 e. The summed E-state index contributed by atoms with van der Waals surface area (Å²) in [4.78, 5) is 26.8. The van der Waals surface area contributed by atoms with Crippen molar-refractivity contribution in [3.8, 4) is 0 Å². The Morgan fingerprint density at radius 3 is 2.71 bits per heavy atom. The van der Waals surface area contributed by atoms with E-state index in [9.17, 15) is 4.79 Å². The Bertz CT molecular complexity index is 1090. The minimum atomic E-state index is -0.207. The molecule has 0 unspecified atom stereocenters. The zero-order valence-electron chi connectivity index (χ0n) is 17.1. The molecule has 4 heterocycles. The van der Waals surface area contributed by atoms with Crippen LogP contribution in [0.2, 0.25) is 0 Å². The fourth-order valence-corrected chi connectivity index (χ4v) is 5.43. The first-order valence-electron chi connectivity index (χ1n) is 10.6. The molecule has 2 aliphatic rings. The number of hydrogen-bond donors (Lipinski definition) is 1. The first-order chi connectivity index (χ1) is 15.2. The lowest BCUT2D eigenvalue weighted by Gasteiger charge is -2.25. The average Bonchev–Trinajstić information content (AvgIpc) is 3.44. The van der Waals surface area contributed by atoms with E-state index in [0.717, 1.165) is 72.5 Å². The van der Waals surface area contributed by atoms with Gasteiger partial charge in [0.25, 0.3) is 5.91 Å². The zero-order valence-corrected chi connectivity index (χ0v) is 19.5. The van der Waals surface area contributed by atoms with Gasteiger partial charge in [-0.3, -0.25) is 9.69 Å². The molecule has 1 amide bonds. The van der Waals surface area contributed by atoms with Gasteiger partial charge in [0.2, 0.25) is 0 Å². The highest BCUT2D eigenvalue weighted by Crippen LogP contribution is 2.34. The van der Waals surface area contributed by atoms with E-state index in [1.54, 1.807) is 17.4 Å². The first-order valence-corrected chi connectivity index (χ1v) is 12.2. The van der Waals surface area contributed by atoms with Crippen LogP contribution in [0.4, 0.5) is 10.8 Å². The molecular weight excluding hydrogens is 478 g/mol. The van der Waals surface area contributed by atoms with Crippen molar-refractivity contribution in [3.63, 3.8) is 0 Å². The Balaban J connectivity index is 1.47. The van der Waals surface area contributed by atoms with Crippen LogP contribution in [0.25, 0.3) is 10.2 Å². The van der Waals surface area contributed by atoms with Gasteiger partial charge in [-0.05, 0) is 71.7 Å². The minimum absolute atomic E-state index is 0.207. The van der Waals surface area contributed by atoms with Gasteiger partial charge >= 0.3 is 0 Å². The van der Waals surface area contributed by atoms with Crippen LogP contribution in [0, 0.1) is 0 Å². The standard InChI is InChI=1S/C22H24BrN5O2S/c23-20-5-3-4-16(24-20)21(29)25-17-13-19-18(12-15(17)14-27-6-1-2-7-27)26-22(31-19)28-8-10-30-11-9-28/h3-5,12-13H,1-2,6-11,14H2,(H,25,29). The summed E-state index contributed by atoms with van der Waals surface area (Å²) < 4.78 is 7.19. The number of pyridine rings is 1. The number of amides is 1. The molecule has 0 spiro atoms. The van der Waals surface area contributed by atoms with E-state index in [-0.39, 0.29) is 5.91 Å². The second-order valence-electron chi connectivity index (χ2n) is 7.86. The summed E-state index contributed by atoms with van der Waals surface area (Å²) in [6.07, 6.45) is 2.45. The number of halogens is 1. The van der Waals surface area contributed by atoms with E-state index in [1.807, 2.05) is 12.1 Å². The Morgan fingerprint density at radius 1 is 1.13 bits per heavy atom. The van der Waals surface area contributed by atoms with Gasteiger partial charge in [-0.25, -0.2) is 9.97 Å². The average molecular weight is 502 g/mol. The molecule has 0 bridgehead atoms. The minimum Gasteiger partial charge on any atom is -0.378 e. The third-order valence-electron chi connectivity index (χ3n) is 5.67. The van der Waals surface area contributed by atoms with Gasteiger partial charge in [-0.1, -0.05) is 17.4 Å². The molecule has 5 rings (SSSR count). The zero-order chi connectivity index (χ0) is 21.2. The molecule has 0 saturated carbocycles. The Kier molecular flexibility index (Phi) is 6.17. The van der Waals surface area contributed by atoms with Crippen molar-refractivity contribution in [2.45, 2.75) is 19.4 Å². The number of hydrogen-bond acceptors (Lipinski definition) is 7. The number of morpholine rings is 1. The van der Waals surface area contributed by atoms with Crippen molar-refractivity contribution in [1.29, 1.82) is 0 Å². The summed E-state index contributed by atoms with van der Waals surface area (Å²) in [5, 5.41) is 4.12. The molecule has 0 aliphatic carbocycles. The van der Waals surface area contributed by atoms with Gasteiger partial charge in [-0.2, -0.15) is 0 Å². The normalized spacial score (nSPS) is 17.4. The van der Waals surface area contributed by atoms with Gasteiger partial charge in [0, 0.05) is 25.3 Å². The van der Waals surface area contributed by atoms with Crippen LogP contribution in [0.15, 0.2) is 34.9 Å². The number of thiazole rings is 1. The van der Waals surface area contributed by atoms with E-state index >= 15 is 0 Å². The highest BCUT2D eigenvalue weighted by atomic mass is 79.9. The molecule has 1 N–H and O–H groups in total. The summed E-state index contributed by atoms with van der Waals surface area (Å²) in [6.45, 7) is 6.18. The lowest BCUT2D eigenvalue weighted by atomic mass is 10.1. The number of carbonyl (C=O) groups excluding carboxylic acids is 1. The number of benzene rings is 1. The van der Waals surface area contributed by atoms with Crippen molar-refractivity contribution < 1.29 is 9.53 Å².